The minimum atomic E-state index is 0.542. The SMILES string of the molecule is CC(C)NCc1csc(C2CC2C)n1. The highest BCUT2D eigenvalue weighted by molar-refractivity contribution is 7.09. The first kappa shape index (κ1) is 10.1. The molecule has 1 aromatic rings. The van der Waals surface area contributed by atoms with Gasteiger partial charge >= 0.3 is 0 Å². The summed E-state index contributed by atoms with van der Waals surface area (Å²) >= 11 is 1.82. The Labute approximate surface area is 89.8 Å². The Bertz CT molecular complexity index is 306. The van der Waals surface area contributed by atoms with Gasteiger partial charge < -0.3 is 5.32 Å². The summed E-state index contributed by atoms with van der Waals surface area (Å²) < 4.78 is 0. The first-order valence-corrected chi connectivity index (χ1v) is 6.22. The summed E-state index contributed by atoms with van der Waals surface area (Å²) in [5.74, 6) is 1.64. The summed E-state index contributed by atoms with van der Waals surface area (Å²) in [7, 11) is 0. The van der Waals surface area contributed by atoms with Gasteiger partial charge in [0.05, 0.1) is 10.7 Å². The number of nitrogens with zero attached hydrogens (tertiary/aromatic N) is 1. The highest BCUT2D eigenvalue weighted by Crippen LogP contribution is 2.47. The van der Waals surface area contributed by atoms with Crippen molar-refractivity contribution < 1.29 is 0 Å². The van der Waals surface area contributed by atoms with E-state index in [0.717, 1.165) is 18.4 Å². The molecule has 0 aromatic carbocycles. The standard InChI is InChI=1S/C11H18N2S/c1-7(2)12-5-9-6-14-11(13-9)10-4-8(10)3/h6-8,10,12H,4-5H2,1-3H3. The maximum absolute atomic E-state index is 4.65. The second kappa shape index (κ2) is 3.99. The van der Waals surface area contributed by atoms with Gasteiger partial charge in [0.25, 0.3) is 0 Å². The lowest BCUT2D eigenvalue weighted by atomic mass is 10.3. The summed E-state index contributed by atoms with van der Waals surface area (Å²) in [6.45, 7) is 7.54. The van der Waals surface area contributed by atoms with Gasteiger partial charge in [0.1, 0.15) is 0 Å². The van der Waals surface area contributed by atoms with E-state index in [1.165, 1.54) is 17.1 Å². The van der Waals surface area contributed by atoms with E-state index in [2.05, 4.69) is 36.5 Å². The van der Waals surface area contributed by atoms with E-state index >= 15 is 0 Å². The molecule has 2 nitrogen and oxygen atoms in total. The Kier molecular flexibility index (Phi) is 2.88. The molecule has 1 N–H and O–H groups in total. The van der Waals surface area contributed by atoms with Crippen LogP contribution in [0.3, 0.4) is 0 Å². The molecule has 1 aliphatic rings. The van der Waals surface area contributed by atoms with Crippen molar-refractivity contribution in [2.45, 2.75) is 45.7 Å². The van der Waals surface area contributed by atoms with Crippen LogP contribution < -0.4 is 5.32 Å². The van der Waals surface area contributed by atoms with Crippen molar-refractivity contribution in [3.05, 3.63) is 16.1 Å². The van der Waals surface area contributed by atoms with Crippen LogP contribution >= 0.6 is 11.3 Å². The highest BCUT2D eigenvalue weighted by atomic mass is 32.1. The summed E-state index contributed by atoms with van der Waals surface area (Å²) in [5, 5.41) is 6.93. The molecule has 78 valence electrons. The van der Waals surface area contributed by atoms with Crippen molar-refractivity contribution in [3.8, 4) is 0 Å². The van der Waals surface area contributed by atoms with Crippen LogP contribution in [0.1, 0.15) is 43.8 Å². The first-order chi connectivity index (χ1) is 6.66. The summed E-state index contributed by atoms with van der Waals surface area (Å²) in [6, 6.07) is 0.542. The quantitative estimate of drug-likeness (QED) is 0.826. The van der Waals surface area contributed by atoms with Crippen LogP contribution in [-0.2, 0) is 6.54 Å². The zero-order valence-corrected chi connectivity index (χ0v) is 9.90. The van der Waals surface area contributed by atoms with Crippen LogP contribution in [0.4, 0.5) is 0 Å². The fourth-order valence-corrected chi connectivity index (χ4v) is 2.62. The van der Waals surface area contributed by atoms with Crippen LogP contribution in [0.2, 0.25) is 0 Å². The number of nitrogens with one attached hydrogen (secondary N) is 1. The van der Waals surface area contributed by atoms with Gasteiger partial charge in [0, 0.05) is 23.9 Å². The molecule has 1 aromatic heterocycles. The highest BCUT2D eigenvalue weighted by Gasteiger charge is 2.36. The lowest BCUT2D eigenvalue weighted by molar-refractivity contribution is 0.582. The molecule has 0 aliphatic heterocycles. The number of aromatic nitrogens is 1. The molecule has 3 heteroatoms. The molecule has 0 radical (unpaired) electrons. The molecule has 14 heavy (non-hydrogen) atoms. The van der Waals surface area contributed by atoms with Crippen molar-refractivity contribution in [1.29, 1.82) is 0 Å². The summed E-state index contributed by atoms with van der Waals surface area (Å²) in [6.07, 6.45) is 1.34. The van der Waals surface area contributed by atoms with Gasteiger partial charge in [-0.05, 0) is 12.3 Å². The molecule has 0 spiro atoms. The average Bonchev–Trinajstić information content (AvgIpc) is 2.68. The molecule has 1 fully saturated rings. The number of hydrogen-bond acceptors (Lipinski definition) is 3. The van der Waals surface area contributed by atoms with E-state index in [0.29, 0.717) is 6.04 Å². The van der Waals surface area contributed by atoms with E-state index in [9.17, 15) is 0 Å². The Balaban J connectivity index is 1.90. The normalized spacial score (nSPS) is 25.7. The van der Waals surface area contributed by atoms with Gasteiger partial charge in [-0.15, -0.1) is 11.3 Å². The van der Waals surface area contributed by atoms with Crippen LogP contribution in [0, 0.1) is 5.92 Å². The van der Waals surface area contributed by atoms with Gasteiger partial charge in [0.2, 0.25) is 0 Å². The van der Waals surface area contributed by atoms with Crippen LogP contribution in [0.15, 0.2) is 5.38 Å². The second-order valence-corrected chi connectivity index (χ2v) is 5.42. The predicted molar refractivity (Wildman–Crippen MR) is 60.6 cm³/mol. The van der Waals surface area contributed by atoms with E-state index in [1.54, 1.807) is 0 Å². The third-order valence-electron chi connectivity index (χ3n) is 2.69. The average molecular weight is 210 g/mol. The maximum Gasteiger partial charge on any atom is 0.0962 e. The van der Waals surface area contributed by atoms with Crippen LogP contribution in [-0.4, -0.2) is 11.0 Å². The number of hydrogen-bond donors (Lipinski definition) is 1. The molecule has 0 amide bonds. The molecule has 2 rings (SSSR count). The Hall–Kier alpha value is -0.410. The molecule has 1 aliphatic carbocycles. The largest absolute Gasteiger partial charge is 0.309 e. The smallest absolute Gasteiger partial charge is 0.0962 e. The monoisotopic (exact) mass is 210 g/mol. The molecule has 1 saturated carbocycles. The first-order valence-electron chi connectivity index (χ1n) is 5.34. The van der Waals surface area contributed by atoms with Gasteiger partial charge in [0.15, 0.2) is 0 Å². The molecular weight excluding hydrogens is 192 g/mol. The van der Waals surface area contributed by atoms with E-state index < -0.39 is 0 Å². The molecule has 1 heterocycles. The predicted octanol–water partition coefficient (Wildman–Crippen LogP) is 2.76. The zero-order valence-electron chi connectivity index (χ0n) is 9.08. The van der Waals surface area contributed by atoms with Crippen molar-refractivity contribution in [2.75, 3.05) is 0 Å². The third-order valence-corrected chi connectivity index (χ3v) is 3.71. The van der Waals surface area contributed by atoms with Crippen molar-refractivity contribution in [2.24, 2.45) is 5.92 Å². The number of thiazole rings is 1. The van der Waals surface area contributed by atoms with Gasteiger partial charge in [-0.1, -0.05) is 20.8 Å². The lowest BCUT2D eigenvalue weighted by Crippen LogP contribution is -2.21. The molecular formula is C11H18N2S. The molecule has 0 saturated heterocycles. The molecule has 0 bridgehead atoms. The molecule has 2 atom stereocenters. The van der Waals surface area contributed by atoms with Gasteiger partial charge in [-0.25, -0.2) is 4.98 Å². The Morgan fingerprint density at radius 3 is 2.93 bits per heavy atom. The van der Waals surface area contributed by atoms with Gasteiger partial charge in [-0.3, -0.25) is 0 Å². The minimum absolute atomic E-state index is 0.542. The van der Waals surface area contributed by atoms with Crippen molar-refractivity contribution in [3.63, 3.8) is 0 Å². The minimum Gasteiger partial charge on any atom is -0.309 e. The maximum atomic E-state index is 4.65. The lowest BCUT2D eigenvalue weighted by Gasteiger charge is -2.04. The number of rotatable bonds is 4. The van der Waals surface area contributed by atoms with E-state index in [1.807, 2.05) is 11.3 Å². The second-order valence-electron chi connectivity index (χ2n) is 4.53. The Morgan fingerprint density at radius 2 is 2.36 bits per heavy atom. The topological polar surface area (TPSA) is 24.9 Å². The van der Waals surface area contributed by atoms with Crippen molar-refractivity contribution in [1.82, 2.24) is 10.3 Å². The van der Waals surface area contributed by atoms with Crippen molar-refractivity contribution >= 4 is 11.3 Å². The zero-order chi connectivity index (χ0) is 10.1. The van der Waals surface area contributed by atoms with E-state index in [4.69, 9.17) is 0 Å². The summed E-state index contributed by atoms with van der Waals surface area (Å²) in [5.41, 5.74) is 1.21. The van der Waals surface area contributed by atoms with Crippen LogP contribution in [0.25, 0.3) is 0 Å². The summed E-state index contributed by atoms with van der Waals surface area (Å²) in [4.78, 5) is 4.65. The third kappa shape index (κ3) is 2.34. The van der Waals surface area contributed by atoms with Gasteiger partial charge in [-0.2, -0.15) is 0 Å². The van der Waals surface area contributed by atoms with E-state index in [-0.39, 0.29) is 0 Å². The molecule has 2 unspecified atom stereocenters. The van der Waals surface area contributed by atoms with Crippen LogP contribution in [0.5, 0.6) is 0 Å². The fraction of sp³-hybridized carbons (Fsp3) is 0.727. The fourth-order valence-electron chi connectivity index (χ4n) is 1.55. The Morgan fingerprint density at radius 1 is 1.64 bits per heavy atom.